The van der Waals surface area contributed by atoms with Crippen LogP contribution in [0.3, 0.4) is 0 Å². The van der Waals surface area contributed by atoms with E-state index in [-0.39, 0.29) is 29.7 Å². The van der Waals surface area contributed by atoms with Crippen LogP contribution in [-0.2, 0) is 19.4 Å². The molecule has 0 saturated heterocycles. The minimum atomic E-state index is -3.30. The lowest BCUT2D eigenvalue weighted by Crippen LogP contribution is -2.27. The van der Waals surface area contributed by atoms with Gasteiger partial charge in [0.15, 0.2) is 9.84 Å². The van der Waals surface area contributed by atoms with Gasteiger partial charge in [0.2, 0.25) is 0 Å². The van der Waals surface area contributed by atoms with Crippen molar-refractivity contribution in [3.05, 3.63) is 29.8 Å². The zero-order valence-corrected chi connectivity index (χ0v) is 13.8. The number of hydrogen-bond donors (Lipinski definition) is 2. The first-order valence-corrected chi connectivity index (χ1v) is 8.92. The van der Waals surface area contributed by atoms with Crippen LogP contribution < -0.4 is 5.32 Å². The predicted octanol–water partition coefficient (Wildman–Crippen LogP) is 1.09. The lowest BCUT2D eigenvalue weighted by atomic mass is 10.2. The lowest BCUT2D eigenvalue weighted by Gasteiger charge is -2.07. The van der Waals surface area contributed by atoms with Crippen LogP contribution in [0.5, 0.6) is 0 Å². The van der Waals surface area contributed by atoms with E-state index in [1.165, 1.54) is 24.3 Å². The van der Waals surface area contributed by atoms with Crippen molar-refractivity contribution in [2.75, 3.05) is 25.5 Å². The van der Waals surface area contributed by atoms with Gasteiger partial charge in [-0.25, -0.2) is 13.2 Å². The maximum atomic E-state index is 12.0. The summed E-state index contributed by atoms with van der Waals surface area (Å²) in [6.07, 6.45) is 1.39. The normalized spacial score (nSPS) is 11.2. The number of nitrogens with one attached hydrogen (secondary N) is 1. The summed E-state index contributed by atoms with van der Waals surface area (Å²) in [4.78, 5) is 22.3. The highest BCUT2D eigenvalue weighted by Gasteiger charge is 2.14. The van der Waals surface area contributed by atoms with Crippen molar-refractivity contribution in [2.45, 2.75) is 24.7 Å². The van der Waals surface area contributed by atoms with Crippen LogP contribution in [0.2, 0.25) is 0 Å². The molecule has 1 aromatic carbocycles. The van der Waals surface area contributed by atoms with Crippen LogP contribution in [0.25, 0.3) is 0 Å². The summed E-state index contributed by atoms with van der Waals surface area (Å²) in [7, 11) is -3.30. The molecule has 0 fully saturated rings. The lowest BCUT2D eigenvalue weighted by molar-refractivity contribution is -0.142. The van der Waals surface area contributed by atoms with Gasteiger partial charge in [-0.15, -0.1) is 0 Å². The van der Waals surface area contributed by atoms with Crippen molar-refractivity contribution < 1.29 is 27.9 Å². The fourth-order valence-electron chi connectivity index (χ4n) is 1.76. The summed E-state index contributed by atoms with van der Waals surface area (Å²) in [5, 5.41) is 10.9. The van der Waals surface area contributed by atoms with Crippen molar-refractivity contribution in [3.63, 3.8) is 0 Å². The van der Waals surface area contributed by atoms with Crippen molar-refractivity contribution in [3.8, 4) is 0 Å². The van der Waals surface area contributed by atoms with Gasteiger partial charge in [0.1, 0.15) is 6.61 Å². The highest BCUT2D eigenvalue weighted by atomic mass is 32.2. The molecule has 0 atom stereocenters. The highest BCUT2D eigenvalue weighted by molar-refractivity contribution is 7.91. The molecule has 7 nitrogen and oxygen atoms in total. The van der Waals surface area contributed by atoms with Gasteiger partial charge in [-0.2, -0.15) is 0 Å². The first kappa shape index (κ1) is 19.1. The second-order valence-electron chi connectivity index (χ2n) is 4.90. The van der Waals surface area contributed by atoms with Crippen LogP contribution in [-0.4, -0.2) is 50.9 Å². The molecule has 0 radical (unpaired) electrons. The molecule has 8 heteroatoms. The summed E-state index contributed by atoms with van der Waals surface area (Å²) in [5.41, 5.74) is 0.331. The molecule has 0 aliphatic rings. The largest absolute Gasteiger partial charge is 0.480 e. The van der Waals surface area contributed by atoms with Gasteiger partial charge in [0, 0.05) is 12.1 Å². The van der Waals surface area contributed by atoms with E-state index in [9.17, 15) is 18.0 Å². The van der Waals surface area contributed by atoms with E-state index in [1.807, 2.05) is 6.92 Å². The van der Waals surface area contributed by atoms with Crippen LogP contribution >= 0.6 is 0 Å². The number of carbonyl (C=O) groups excluding carboxylic acids is 1. The molecule has 0 heterocycles. The van der Waals surface area contributed by atoms with Crippen LogP contribution in [0.15, 0.2) is 29.2 Å². The molecule has 1 amide bonds. The number of sulfone groups is 1. The smallest absolute Gasteiger partial charge is 0.329 e. The van der Waals surface area contributed by atoms with E-state index in [2.05, 4.69) is 5.32 Å². The molecule has 1 rings (SSSR count). The van der Waals surface area contributed by atoms with Crippen molar-refractivity contribution in [2.24, 2.45) is 0 Å². The van der Waals surface area contributed by atoms with Gasteiger partial charge in [0.05, 0.1) is 17.3 Å². The first-order valence-electron chi connectivity index (χ1n) is 7.27. The third-order valence-corrected chi connectivity index (χ3v) is 4.82. The Balaban J connectivity index is 2.52. The molecular weight excluding hydrogens is 322 g/mol. The van der Waals surface area contributed by atoms with Crippen molar-refractivity contribution in [1.82, 2.24) is 5.32 Å². The number of carboxylic acid groups (broad SMARTS) is 1. The Labute approximate surface area is 135 Å². The third kappa shape index (κ3) is 6.79. The minimum absolute atomic E-state index is 0.0848. The van der Waals surface area contributed by atoms with Gasteiger partial charge >= 0.3 is 5.97 Å². The fourth-order valence-corrected chi connectivity index (χ4v) is 3.22. The zero-order valence-electron chi connectivity index (χ0n) is 12.9. The second kappa shape index (κ2) is 9.26. The maximum absolute atomic E-state index is 12.0. The number of carboxylic acids is 1. The molecule has 0 aliphatic carbocycles. The summed E-state index contributed by atoms with van der Waals surface area (Å²) in [5.74, 6) is -1.35. The Morgan fingerprint density at radius 3 is 2.43 bits per heavy atom. The van der Waals surface area contributed by atoms with Crippen LogP contribution in [0.1, 0.15) is 30.1 Å². The molecule has 0 aliphatic heterocycles. The number of rotatable bonds is 10. The number of amides is 1. The molecule has 128 valence electrons. The SMILES string of the molecule is CCCCS(=O)(=O)c1ccc(C(=O)NCCOCC(=O)O)cc1. The van der Waals surface area contributed by atoms with Gasteiger partial charge < -0.3 is 15.2 Å². The number of benzene rings is 1. The summed E-state index contributed by atoms with van der Waals surface area (Å²) in [6, 6.07) is 5.74. The van der Waals surface area contributed by atoms with E-state index in [1.54, 1.807) is 0 Å². The molecule has 0 bridgehead atoms. The van der Waals surface area contributed by atoms with Crippen molar-refractivity contribution in [1.29, 1.82) is 0 Å². The van der Waals surface area contributed by atoms with Gasteiger partial charge in [-0.3, -0.25) is 4.79 Å². The minimum Gasteiger partial charge on any atom is -0.480 e. The molecule has 0 unspecified atom stereocenters. The Kier molecular flexibility index (Phi) is 7.70. The molecular formula is C15H21NO6S. The fraction of sp³-hybridized carbons (Fsp3) is 0.467. The number of carbonyl (C=O) groups is 2. The Hall–Kier alpha value is -1.93. The molecule has 0 saturated carbocycles. The molecule has 1 aromatic rings. The highest BCUT2D eigenvalue weighted by Crippen LogP contribution is 2.14. The van der Waals surface area contributed by atoms with Gasteiger partial charge in [0.25, 0.3) is 5.91 Å². The standard InChI is InChI=1S/C15H21NO6S/c1-2-3-10-23(20,21)13-6-4-12(5-7-13)15(19)16-8-9-22-11-14(17)18/h4-7H,2-3,8-11H2,1H3,(H,16,19)(H,17,18). The van der Waals surface area contributed by atoms with E-state index in [0.29, 0.717) is 12.0 Å². The number of ether oxygens (including phenoxy) is 1. The summed E-state index contributed by atoms with van der Waals surface area (Å²) in [6.45, 7) is 1.76. The van der Waals surface area contributed by atoms with E-state index in [4.69, 9.17) is 9.84 Å². The number of unbranched alkanes of at least 4 members (excludes halogenated alkanes) is 1. The topological polar surface area (TPSA) is 110 Å². The van der Waals surface area contributed by atoms with Crippen molar-refractivity contribution >= 4 is 21.7 Å². The molecule has 2 N–H and O–H groups in total. The van der Waals surface area contributed by atoms with Gasteiger partial charge in [-0.1, -0.05) is 13.3 Å². The zero-order chi connectivity index (χ0) is 17.3. The van der Waals surface area contributed by atoms with E-state index >= 15 is 0 Å². The molecule has 0 spiro atoms. The Bertz CT molecular complexity index is 624. The maximum Gasteiger partial charge on any atom is 0.329 e. The molecule has 23 heavy (non-hydrogen) atoms. The molecule has 0 aromatic heterocycles. The first-order chi connectivity index (χ1) is 10.9. The summed E-state index contributed by atoms with van der Waals surface area (Å²) >= 11 is 0. The predicted molar refractivity (Wildman–Crippen MR) is 84.2 cm³/mol. The van der Waals surface area contributed by atoms with Gasteiger partial charge in [-0.05, 0) is 30.7 Å². The Morgan fingerprint density at radius 1 is 1.22 bits per heavy atom. The number of hydrogen-bond acceptors (Lipinski definition) is 5. The average molecular weight is 343 g/mol. The van der Waals surface area contributed by atoms with E-state index < -0.39 is 22.4 Å². The van der Waals surface area contributed by atoms with E-state index in [0.717, 1.165) is 6.42 Å². The van der Waals surface area contributed by atoms with Crippen LogP contribution in [0, 0.1) is 0 Å². The monoisotopic (exact) mass is 343 g/mol. The third-order valence-electron chi connectivity index (χ3n) is 3.00. The summed E-state index contributed by atoms with van der Waals surface area (Å²) < 4.78 is 28.8. The Morgan fingerprint density at radius 2 is 1.87 bits per heavy atom. The quantitative estimate of drug-likeness (QED) is 0.616. The second-order valence-corrected chi connectivity index (χ2v) is 7.01. The number of aliphatic carboxylic acids is 1. The average Bonchev–Trinajstić information content (AvgIpc) is 2.52. The van der Waals surface area contributed by atoms with Crippen LogP contribution in [0.4, 0.5) is 0 Å².